The van der Waals surface area contributed by atoms with Crippen molar-refractivity contribution in [2.75, 3.05) is 26.4 Å². The maximum atomic E-state index is 14.1. The topological polar surface area (TPSA) is 354 Å². The first-order valence-electron chi connectivity index (χ1n) is 26.9. The number of carbonyl (C=O) groups is 1. The molecule has 4 saturated carbocycles. The van der Waals surface area contributed by atoms with Crippen LogP contribution >= 0.6 is 0 Å². The van der Waals surface area contributed by atoms with E-state index in [0.29, 0.717) is 32.1 Å². The second-order valence-corrected chi connectivity index (χ2v) is 24.2. The zero-order chi connectivity index (χ0) is 54.0. The molecule has 8 aliphatic rings. The zero-order valence-electron chi connectivity index (χ0n) is 43.5. The van der Waals surface area contributed by atoms with Crippen molar-refractivity contribution in [1.82, 2.24) is 0 Å². The van der Waals surface area contributed by atoms with Crippen molar-refractivity contribution < 1.29 is 109 Å². The van der Waals surface area contributed by atoms with E-state index < -0.39 is 160 Å². The third-order valence-corrected chi connectivity index (χ3v) is 19.8. The Labute approximate surface area is 432 Å². The van der Waals surface area contributed by atoms with Gasteiger partial charge in [-0.3, -0.25) is 0 Å². The van der Waals surface area contributed by atoms with Crippen LogP contribution in [0.15, 0.2) is 11.6 Å². The Morgan fingerprint density at radius 3 is 1.85 bits per heavy atom. The summed E-state index contributed by atoms with van der Waals surface area (Å²) in [6.45, 7) is 10.7. The average Bonchev–Trinajstić information content (AvgIpc) is 3.73. The molecule has 0 aromatic heterocycles. The first-order valence-corrected chi connectivity index (χ1v) is 26.9. The molecular weight excluding hydrogens is 977 g/mol. The molecule has 4 saturated heterocycles. The lowest BCUT2D eigenvalue weighted by Gasteiger charge is -2.69. The minimum absolute atomic E-state index is 0.00716. The molecule has 0 aromatic rings. The first kappa shape index (κ1) is 58.7. The van der Waals surface area contributed by atoms with Crippen LogP contribution < -0.4 is 0 Å². The highest BCUT2D eigenvalue weighted by Crippen LogP contribution is 2.75. The van der Waals surface area contributed by atoms with E-state index in [2.05, 4.69) is 33.8 Å². The van der Waals surface area contributed by atoms with Crippen molar-refractivity contribution in [2.24, 2.45) is 45.3 Å². The fourth-order valence-electron chi connectivity index (χ4n) is 15.4. The zero-order valence-corrected chi connectivity index (χ0v) is 43.5. The summed E-state index contributed by atoms with van der Waals surface area (Å²) in [7, 11) is 0. The predicted octanol–water partition coefficient (Wildman–Crippen LogP) is -1.75. The van der Waals surface area contributed by atoms with Gasteiger partial charge in [-0.1, -0.05) is 39.3 Å². The van der Waals surface area contributed by atoms with E-state index in [0.717, 1.165) is 37.7 Å². The van der Waals surface area contributed by atoms with Gasteiger partial charge in [-0.15, -0.1) is 0 Å². The molecule has 28 unspecified atom stereocenters. The molecule has 28 atom stereocenters. The molecule has 0 radical (unpaired) electrons. The van der Waals surface area contributed by atoms with E-state index >= 15 is 0 Å². The third-order valence-electron chi connectivity index (χ3n) is 19.8. The minimum atomic E-state index is -1.83. The van der Waals surface area contributed by atoms with Crippen LogP contribution in [0.3, 0.4) is 0 Å². The number of ether oxygens (including phenoxy) is 8. The average molecular weight is 1060 g/mol. The summed E-state index contributed by atoms with van der Waals surface area (Å²) in [6.07, 6.45) is -20.2. The standard InChI is InChI=1S/C52H86O22/c1-23(2)8-7-9-27(69-46-42(65)39(62)37(60)30(72-46)21-68-45-41(64)34(57)26(56)20-67-45)24-12-15-50(5)25(24)10-11-32-51(50,6)16-13-31-49(3,4)33(14-17-52(31,32)22-55)73-48-44(40(63)36(59)29(19-54)71-48)74-47-43(66)38(61)35(58)28(18-53)70-47/h8,22,24-48,53-54,56-66H,7,9-21H2,1-6H3. The maximum absolute atomic E-state index is 14.1. The van der Waals surface area contributed by atoms with Crippen molar-refractivity contribution in [1.29, 1.82) is 0 Å². The molecule has 13 N–H and O–H groups in total. The van der Waals surface area contributed by atoms with Crippen LogP contribution in [0.2, 0.25) is 0 Å². The number of aldehydes is 1. The smallest absolute Gasteiger partial charge is 0.187 e. The number of fused-ring (bicyclic) bond motifs is 5. The Kier molecular flexibility index (Phi) is 18.2. The van der Waals surface area contributed by atoms with Crippen molar-refractivity contribution in [3.8, 4) is 0 Å². The number of hydrogen-bond acceptors (Lipinski definition) is 22. The van der Waals surface area contributed by atoms with Gasteiger partial charge in [0.1, 0.15) is 97.8 Å². The molecule has 4 heterocycles. The fourth-order valence-corrected chi connectivity index (χ4v) is 15.4. The molecular formula is C52H86O22. The van der Waals surface area contributed by atoms with Gasteiger partial charge in [-0.2, -0.15) is 0 Å². The number of aliphatic hydroxyl groups is 13. The monoisotopic (exact) mass is 1060 g/mol. The molecule has 0 aromatic carbocycles. The van der Waals surface area contributed by atoms with E-state index in [1.165, 1.54) is 6.29 Å². The Morgan fingerprint density at radius 2 is 1.20 bits per heavy atom. The highest BCUT2D eigenvalue weighted by molar-refractivity contribution is 5.62. The van der Waals surface area contributed by atoms with Gasteiger partial charge in [0.05, 0.1) is 38.6 Å². The van der Waals surface area contributed by atoms with E-state index in [-0.39, 0.29) is 41.1 Å². The molecule has 8 rings (SSSR count). The van der Waals surface area contributed by atoms with Gasteiger partial charge < -0.3 is 109 Å². The number of hydrogen-bond donors (Lipinski definition) is 13. The maximum Gasteiger partial charge on any atom is 0.187 e. The van der Waals surface area contributed by atoms with Gasteiger partial charge in [-0.25, -0.2) is 0 Å². The van der Waals surface area contributed by atoms with Gasteiger partial charge in [0.25, 0.3) is 0 Å². The Bertz CT molecular complexity index is 1910. The highest BCUT2D eigenvalue weighted by atomic mass is 16.8. The van der Waals surface area contributed by atoms with Crippen LogP contribution in [0.5, 0.6) is 0 Å². The normalized spacial score (nSPS) is 51.8. The Morgan fingerprint density at radius 1 is 0.608 bits per heavy atom. The number of allylic oxidation sites excluding steroid dienone is 2. The molecule has 8 fully saturated rings. The van der Waals surface area contributed by atoms with Crippen LogP contribution in [0.1, 0.15) is 106 Å². The Balaban J connectivity index is 0.993. The fraction of sp³-hybridized carbons (Fsp3) is 0.942. The van der Waals surface area contributed by atoms with Gasteiger partial charge in [0.2, 0.25) is 0 Å². The summed E-state index contributed by atoms with van der Waals surface area (Å²) in [6, 6.07) is 0. The summed E-state index contributed by atoms with van der Waals surface area (Å²) in [5.74, 6) is -0.0573. The van der Waals surface area contributed by atoms with Crippen molar-refractivity contribution in [3.05, 3.63) is 11.6 Å². The summed E-state index contributed by atoms with van der Waals surface area (Å²) >= 11 is 0. The van der Waals surface area contributed by atoms with Gasteiger partial charge >= 0.3 is 0 Å². The highest BCUT2D eigenvalue weighted by Gasteiger charge is 2.71. The number of carbonyl (C=O) groups excluding carboxylic acids is 1. The molecule has 0 spiro atoms. The molecule has 74 heavy (non-hydrogen) atoms. The lowest BCUT2D eigenvalue weighted by Crippen LogP contribution is -2.67. The van der Waals surface area contributed by atoms with Crippen molar-refractivity contribution >= 4 is 6.29 Å². The molecule has 0 bridgehead atoms. The largest absolute Gasteiger partial charge is 0.394 e. The van der Waals surface area contributed by atoms with E-state index in [4.69, 9.17) is 37.9 Å². The lowest BCUT2D eigenvalue weighted by molar-refractivity contribution is -0.378. The number of aliphatic hydroxyl groups excluding tert-OH is 13. The van der Waals surface area contributed by atoms with Gasteiger partial charge in [0.15, 0.2) is 25.2 Å². The van der Waals surface area contributed by atoms with E-state index in [1.807, 2.05) is 13.8 Å². The summed E-state index contributed by atoms with van der Waals surface area (Å²) in [5, 5.41) is 138. The van der Waals surface area contributed by atoms with E-state index in [1.54, 1.807) is 0 Å². The molecule has 4 aliphatic carbocycles. The third kappa shape index (κ3) is 10.4. The van der Waals surface area contributed by atoms with Gasteiger partial charge in [0, 0.05) is 5.41 Å². The van der Waals surface area contributed by atoms with Crippen LogP contribution in [0, 0.1) is 45.3 Å². The van der Waals surface area contributed by atoms with E-state index in [9.17, 15) is 71.2 Å². The Hall–Kier alpha value is -1.43. The lowest BCUT2D eigenvalue weighted by atomic mass is 9.35. The first-order chi connectivity index (χ1) is 34.9. The van der Waals surface area contributed by atoms with Crippen molar-refractivity contribution in [2.45, 2.75) is 235 Å². The minimum Gasteiger partial charge on any atom is -0.394 e. The molecule has 22 heteroatoms. The SMILES string of the molecule is CC(C)=CCCC(OC1OC(COC2OCC(O)C(O)C2O)C(O)C(O)C1O)C1CCC2(C)C1CCC1C3(C=O)CCC(OC4OC(CO)C(O)C(O)C4OC4OC(CO)C(O)C(O)C4O)C(C)(C)C3CCC12C. The summed E-state index contributed by atoms with van der Waals surface area (Å²) in [4.78, 5) is 14.1. The molecule has 0 amide bonds. The van der Waals surface area contributed by atoms with Crippen LogP contribution in [-0.2, 0) is 42.7 Å². The quantitative estimate of drug-likeness (QED) is 0.0463. The van der Waals surface area contributed by atoms with Crippen molar-refractivity contribution in [3.63, 3.8) is 0 Å². The van der Waals surface area contributed by atoms with Crippen LogP contribution in [-0.4, -0.2) is 228 Å². The molecule has 426 valence electrons. The number of rotatable bonds is 16. The summed E-state index contributed by atoms with van der Waals surface area (Å²) < 4.78 is 48.4. The predicted molar refractivity (Wildman–Crippen MR) is 255 cm³/mol. The van der Waals surface area contributed by atoms with Gasteiger partial charge in [-0.05, 0) is 118 Å². The van der Waals surface area contributed by atoms with Crippen LogP contribution in [0.25, 0.3) is 0 Å². The molecule has 4 aliphatic heterocycles. The van der Waals surface area contributed by atoms with Crippen LogP contribution in [0.4, 0.5) is 0 Å². The second-order valence-electron chi connectivity index (χ2n) is 24.2. The molecule has 22 nitrogen and oxygen atoms in total. The summed E-state index contributed by atoms with van der Waals surface area (Å²) in [5.41, 5.74) is -0.882. The second kappa shape index (κ2) is 23.0.